The van der Waals surface area contributed by atoms with Crippen LogP contribution in [0.1, 0.15) is 59.9 Å². The van der Waals surface area contributed by atoms with Crippen molar-refractivity contribution in [1.29, 1.82) is 0 Å². The molecule has 1 fully saturated rings. The highest BCUT2D eigenvalue weighted by atomic mass is 35.5. The Labute approximate surface area is 247 Å². The monoisotopic (exact) mass is 583 g/mol. The van der Waals surface area contributed by atoms with Crippen LogP contribution in [0.4, 0.5) is 10.5 Å². The maximum atomic E-state index is 14.1. The lowest BCUT2D eigenvalue weighted by Gasteiger charge is -2.39. The van der Waals surface area contributed by atoms with Gasteiger partial charge in [-0.3, -0.25) is 4.79 Å². The number of nitrogens with one attached hydrogen (secondary N) is 1. The number of ether oxygens (including phenoxy) is 2. The van der Waals surface area contributed by atoms with Crippen molar-refractivity contribution in [3.05, 3.63) is 53.3 Å². The van der Waals surface area contributed by atoms with Crippen LogP contribution in [-0.2, 0) is 9.53 Å². The van der Waals surface area contributed by atoms with Crippen molar-refractivity contribution in [2.75, 3.05) is 37.6 Å². The Balaban J connectivity index is 1.57. The van der Waals surface area contributed by atoms with Crippen LogP contribution in [0.25, 0.3) is 11.0 Å². The van der Waals surface area contributed by atoms with Crippen LogP contribution in [-0.4, -0.2) is 82.2 Å². The summed E-state index contributed by atoms with van der Waals surface area (Å²) in [7, 11) is 0. The molecule has 0 bridgehead atoms. The van der Waals surface area contributed by atoms with Gasteiger partial charge in [0.15, 0.2) is 5.75 Å². The van der Waals surface area contributed by atoms with E-state index in [1.54, 1.807) is 23.2 Å². The predicted molar refractivity (Wildman–Crippen MR) is 163 cm³/mol. The molecule has 41 heavy (non-hydrogen) atoms. The standard InChI is InChI=1S/C31H42ClN5O4/c1-20(2)37(30(39)41-31(5,6)7)19-25(22-8-10-23(32)11-9-22)29(38)36-16-14-35(15-17-36)27-24-12-13-33-28(24)34-18-26(27)40-21(3)4/h8-13,18,20-21,25H,14-17,19H2,1-7H3,(H,33,34)/t25-/m1/s1. The highest BCUT2D eigenvalue weighted by Crippen LogP contribution is 2.36. The van der Waals surface area contributed by atoms with Gasteiger partial charge in [0.1, 0.15) is 11.2 Å². The summed E-state index contributed by atoms with van der Waals surface area (Å²) >= 11 is 6.17. The van der Waals surface area contributed by atoms with Crippen LogP contribution in [0.2, 0.25) is 5.02 Å². The summed E-state index contributed by atoms with van der Waals surface area (Å²) in [5.74, 6) is 0.142. The second-order valence-electron chi connectivity index (χ2n) is 12.0. The molecule has 0 unspecified atom stereocenters. The number of fused-ring (bicyclic) bond motifs is 1. The molecule has 2 aromatic heterocycles. The Bertz CT molecular complexity index is 1340. The fourth-order valence-electron chi connectivity index (χ4n) is 5.05. The summed E-state index contributed by atoms with van der Waals surface area (Å²) in [6.07, 6.45) is 3.21. The van der Waals surface area contributed by atoms with Gasteiger partial charge in [-0.05, 0) is 72.2 Å². The van der Waals surface area contributed by atoms with E-state index in [1.165, 1.54) is 0 Å². The average Bonchev–Trinajstić information content (AvgIpc) is 3.37. The van der Waals surface area contributed by atoms with Crippen molar-refractivity contribution >= 4 is 40.3 Å². The number of amides is 2. The van der Waals surface area contributed by atoms with E-state index in [0.29, 0.717) is 31.2 Å². The first-order chi connectivity index (χ1) is 19.3. The summed E-state index contributed by atoms with van der Waals surface area (Å²) in [4.78, 5) is 40.8. The smallest absolute Gasteiger partial charge is 0.410 e. The van der Waals surface area contributed by atoms with E-state index in [1.807, 2.05) is 77.8 Å². The first-order valence-corrected chi connectivity index (χ1v) is 14.6. The van der Waals surface area contributed by atoms with Crippen LogP contribution in [0.5, 0.6) is 5.75 Å². The zero-order valence-corrected chi connectivity index (χ0v) is 25.9. The number of nitrogens with zero attached hydrogens (tertiary/aromatic N) is 4. The number of rotatable bonds is 8. The molecule has 0 spiro atoms. The predicted octanol–water partition coefficient (Wildman–Crippen LogP) is 6.08. The first-order valence-electron chi connectivity index (χ1n) is 14.3. The van der Waals surface area contributed by atoms with E-state index in [4.69, 9.17) is 21.1 Å². The maximum Gasteiger partial charge on any atom is 0.410 e. The van der Waals surface area contributed by atoms with Gasteiger partial charge in [-0.15, -0.1) is 0 Å². The number of benzene rings is 1. The Morgan fingerprint density at radius 1 is 1.05 bits per heavy atom. The van der Waals surface area contributed by atoms with E-state index in [2.05, 4.69) is 14.9 Å². The minimum absolute atomic E-state index is 0.00354. The zero-order chi connectivity index (χ0) is 29.9. The minimum atomic E-state index is -0.643. The normalized spacial score (nSPS) is 15.0. The second kappa shape index (κ2) is 12.6. The third-order valence-corrected chi connectivity index (χ3v) is 7.25. The molecule has 1 aliphatic heterocycles. The van der Waals surface area contributed by atoms with Gasteiger partial charge in [-0.1, -0.05) is 23.7 Å². The van der Waals surface area contributed by atoms with Crippen molar-refractivity contribution in [3.63, 3.8) is 0 Å². The highest BCUT2D eigenvalue weighted by molar-refractivity contribution is 6.30. The number of hydrogen-bond donors (Lipinski definition) is 1. The second-order valence-corrected chi connectivity index (χ2v) is 12.5. The molecule has 1 saturated heterocycles. The van der Waals surface area contributed by atoms with Gasteiger partial charge in [0.05, 0.1) is 23.9 Å². The van der Waals surface area contributed by atoms with Crippen LogP contribution in [0, 0.1) is 0 Å². The molecule has 3 aromatic rings. The molecule has 1 aliphatic rings. The van der Waals surface area contributed by atoms with E-state index < -0.39 is 17.6 Å². The molecule has 0 radical (unpaired) electrons. The summed E-state index contributed by atoms with van der Waals surface area (Å²) in [6.45, 7) is 15.9. The summed E-state index contributed by atoms with van der Waals surface area (Å²) in [5, 5.41) is 1.58. The number of piperazine rings is 1. The fraction of sp³-hybridized carbons (Fsp3) is 0.516. The van der Waals surface area contributed by atoms with Gasteiger partial charge in [0.25, 0.3) is 0 Å². The summed E-state index contributed by atoms with van der Waals surface area (Å²) in [6, 6.07) is 9.15. The number of carbonyl (C=O) groups is 2. The molecule has 1 N–H and O–H groups in total. The van der Waals surface area contributed by atoms with Crippen LogP contribution in [0.15, 0.2) is 42.7 Å². The van der Waals surface area contributed by atoms with Gasteiger partial charge < -0.3 is 29.2 Å². The number of pyridine rings is 1. The molecule has 1 aromatic carbocycles. The number of halogens is 1. The zero-order valence-electron chi connectivity index (χ0n) is 25.1. The van der Waals surface area contributed by atoms with Gasteiger partial charge in [-0.2, -0.15) is 0 Å². The molecule has 0 aliphatic carbocycles. The molecular weight excluding hydrogens is 542 g/mol. The lowest BCUT2D eigenvalue weighted by Crippen LogP contribution is -2.52. The Hall–Kier alpha value is -3.46. The van der Waals surface area contributed by atoms with Gasteiger partial charge in [-0.25, -0.2) is 9.78 Å². The molecule has 3 heterocycles. The van der Waals surface area contributed by atoms with Gasteiger partial charge in [0, 0.05) is 55.4 Å². The Kier molecular flexibility index (Phi) is 9.37. The Morgan fingerprint density at radius 3 is 2.29 bits per heavy atom. The maximum absolute atomic E-state index is 14.1. The third-order valence-electron chi connectivity index (χ3n) is 7.00. The number of H-pyrrole nitrogens is 1. The average molecular weight is 584 g/mol. The summed E-state index contributed by atoms with van der Waals surface area (Å²) < 4.78 is 11.8. The summed E-state index contributed by atoms with van der Waals surface area (Å²) in [5.41, 5.74) is 1.96. The topological polar surface area (TPSA) is 91.0 Å². The van der Waals surface area contributed by atoms with Crippen LogP contribution < -0.4 is 9.64 Å². The van der Waals surface area contributed by atoms with E-state index in [0.717, 1.165) is 28.0 Å². The molecule has 0 saturated carbocycles. The number of carbonyl (C=O) groups excluding carboxylic acids is 2. The molecule has 10 heteroatoms. The number of aromatic amines is 1. The van der Waals surface area contributed by atoms with Crippen molar-refractivity contribution in [2.45, 2.75) is 72.1 Å². The van der Waals surface area contributed by atoms with Crippen molar-refractivity contribution in [1.82, 2.24) is 19.8 Å². The van der Waals surface area contributed by atoms with Crippen molar-refractivity contribution < 1.29 is 19.1 Å². The lowest BCUT2D eigenvalue weighted by atomic mass is 9.96. The Morgan fingerprint density at radius 2 is 1.71 bits per heavy atom. The minimum Gasteiger partial charge on any atom is -0.487 e. The molecule has 2 amide bonds. The number of anilines is 1. The largest absolute Gasteiger partial charge is 0.487 e. The first kappa shape index (κ1) is 30.5. The SMILES string of the molecule is CC(C)Oc1cnc2[nH]ccc2c1N1CCN(C(=O)[C@H](CN(C(=O)OC(C)(C)C)C(C)C)c2ccc(Cl)cc2)CC1. The van der Waals surface area contributed by atoms with Gasteiger partial charge >= 0.3 is 6.09 Å². The van der Waals surface area contributed by atoms with Crippen molar-refractivity contribution in [3.8, 4) is 5.75 Å². The van der Waals surface area contributed by atoms with E-state index >= 15 is 0 Å². The van der Waals surface area contributed by atoms with Gasteiger partial charge in [0.2, 0.25) is 5.91 Å². The van der Waals surface area contributed by atoms with Crippen molar-refractivity contribution in [2.24, 2.45) is 0 Å². The molecular formula is C31H42ClN5O4. The third kappa shape index (κ3) is 7.44. The number of aromatic nitrogens is 2. The molecule has 4 rings (SSSR count). The fourth-order valence-corrected chi connectivity index (χ4v) is 5.17. The van der Waals surface area contributed by atoms with Crippen LogP contribution >= 0.6 is 11.6 Å². The van der Waals surface area contributed by atoms with E-state index in [-0.39, 0.29) is 24.6 Å². The highest BCUT2D eigenvalue weighted by Gasteiger charge is 2.34. The quantitative estimate of drug-likeness (QED) is 0.345. The molecule has 222 valence electrons. The lowest BCUT2D eigenvalue weighted by molar-refractivity contribution is -0.133. The molecule has 1 atom stereocenters. The van der Waals surface area contributed by atoms with E-state index in [9.17, 15) is 9.59 Å². The van der Waals surface area contributed by atoms with Crippen LogP contribution in [0.3, 0.4) is 0 Å². The number of hydrogen-bond acceptors (Lipinski definition) is 6. The molecule has 9 nitrogen and oxygen atoms in total.